The van der Waals surface area contributed by atoms with Crippen LogP contribution in [0, 0.1) is 22.7 Å². The van der Waals surface area contributed by atoms with Gasteiger partial charge in [-0.1, -0.05) is 56.1 Å². The van der Waals surface area contributed by atoms with E-state index in [2.05, 4.69) is 53.8 Å². The molecule has 0 saturated carbocycles. The highest BCUT2D eigenvalue weighted by molar-refractivity contribution is 9.10. The molecule has 1 heterocycles. The van der Waals surface area contributed by atoms with Gasteiger partial charge in [-0.2, -0.15) is 10.5 Å². The highest BCUT2D eigenvalue weighted by Crippen LogP contribution is 2.27. The van der Waals surface area contributed by atoms with E-state index in [-0.39, 0.29) is 12.1 Å². The summed E-state index contributed by atoms with van der Waals surface area (Å²) in [4.78, 5) is 4.38. The summed E-state index contributed by atoms with van der Waals surface area (Å²) in [5, 5.41) is 19.3. The van der Waals surface area contributed by atoms with Gasteiger partial charge in [-0.15, -0.1) is 0 Å². The quantitative estimate of drug-likeness (QED) is 0.647. The van der Waals surface area contributed by atoms with Crippen molar-refractivity contribution in [3.63, 3.8) is 0 Å². The van der Waals surface area contributed by atoms with Crippen LogP contribution in [0.1, 0.15) is 23.2 Å². The van der Waals surface area contributed by atoms with Gasteiger partial charge >= 0.3 is 0 Å². The fourth-order valence-corrected chi connectivity index (χ4v) is 3.81. The SMILES string of the molecule is N#CC(c1ccc(Br)cc1)N1CCN(C(C#N)c2ccc(Br)cc2)CC1. The van der Waals surface area contributed by atoms with Crippen LogP contribution in [0.2, 0.25) is 0 Å². The predicted octanol–water partition coefficient (Wildman–Crippen LogP) is 4.66. The van der Waals surface area contributed by atoms with Crippen molar-refractivity contribution in [3.8, 4) is 12.1 Å². The molecule has 2 unspecified atom stereocenters. The van der Waals surface area contributed by atoms with Crippen LogP contribution >= 0.6 is 31.9 Å². The topological polar surface area (TPSA) is 54.1 Å². The normalized spacial score (nSPS) is 17.8. The number of halogens is 2. The number of nitrogens with zero attached hydrogens (tertiary/aromatic N) is 4. The zero-order chi connectivity index (χ0) is 18.5. The zero-order valence-electron chi connectivity index (χ0n) is 14.1. The largest absolute Gasteiger partial charge is 0.282 e. The number of benzene rings is 2. The Morgan fingerprint density at radius 2 is 0.962 bits per heavy atom. The molecule has 1 aliphatic rings. The molecular formula is C20H18Br2N4. The van der Waals surface area contributed by atoms with Gasteiger partial charge in [0.05, 0.1) is 12.1 Å². The van der Waals surface area contributed by atoms with E-state index in [0.29, 0.717) is 0 Å². The summed E-state index contributed by atoms with van der Waals surface area (Å²) in [6, 6.07) is 20.2. The van der Waals surface area contributed by atoms with Crippen molar-refractivity contribution >= 4 is 31.9 Å². The molecule has 0 radical (unpaired) electrons. The Bertz CT molecular complexity index is 741. The van der Waals surface area contributed by atoms with Crippen molar-refractivity contribution in [2.75, 3.05) is 26.2 Å². The van der Waals surface area contributed by atoms with E-state index in [0.717, 1.165) is 46.3 Å². The summed E-state index contributed by atoms with van der Waals surface area (Å²) in [5.41, 5.74) is 2.02. The maximum atomic E-state index is 9.65. The van der Waals surface area contributed by atoms with Crippen molar-refractivity contribution in [2.45, 2.75) is 12.1 Å². The van der Waals surface area contributed by atoms with Crippen LogP contribution < -0.4 is 0 Å². The average Bonchev–Trinajstić information content (AvgIpc) is 2.67. The van der Waals surface area contributed by atoms with Gasteiger partial charge in [-0.3, -0.25) is 9.80 Å². The van der Waals surface area contributed by atoms with Crippen LogP contribution in [0.15, 0.2) is 57.5 Å². The van der Waals surface area contributed by atoms with Gasteiger partial charge in [0.25, 0.3) is 0 Å². The molecule has 1 saturated heterocycles. The van der Waals surface area contributed by atoms with Crippen molar-refractivity contribution in [1.29, 1.82) is 10.5 Å². The molecule has 6 heteroatoms. The summed E-state index contributed by atoms with van der Waals surface area (Å²) < 4.78 is 2.02. The van der Waals surface area contributed by atoms with E-state index in [4.69, 9.17) is 0 Å². The molecule has 0 N–H and O–H groups in total. The third-order valence-corrected chi connectivity index (χ3v) is 5.75. The Kier molecular flexibility index (Phi) is 6.45. The molecule has 2 aromatic carbocycles. The average molecular weight is 474 g/mol. The van der Waals surface area contributed by atoms with Gasteiger partial charge < -0.3 is 0 Å². The van der Waals surface area contributed by atoms with E-state index in [9.17, 15) is 10.5 Å². The molecule has 2 atom stereocenters. The molecular weight excluding hydrogens is 456 g/mol. The molecule has 132 valence electrons. The van der Waals surface area contributed by atoms with Crippen molar-refractivity contribution in [2.24, 2.45) is 0 Å². The smallest absolute Gasteiger partial charge is 0.123 e. The van der Waals surface area contributed by atoms with E-state index in [1.165, 1.54) is 0 Å². The third kappa shape index (κ3) is 4.34. The first-order chi connectivity index (χ1) is 12.6. The highest BCUT2D eigenvalue weighted by Gasteiger charge is 2.29. The van der Waals surface area contributed by atoms with Crippen LogP contribution in [-0.4, -0.2) is 36.0 Å². The van der Waals surface area contributed by atoms with Gasteiger partial charge in [0, 0.05) is 35.1 Å². The summed E-state index contributed by atoms with van der Waals surface area (Å²) >= 11 is 6.87. The Morgan fingerprint density at radius 1 is 0.654 bits per heavy atom. The minimum Gasteiger partial charge on any atom is -0.282 e. The van der Waals surface area contributed by atoms with Gasteiger partial charge in [0.15, 0.2) is 0 Å². The lowest BCUT2D eigenvalue weighted by atomic mass is 10.0. The number of piperazine rings is 1. The van der Waals surface area contributed by atoms with Crippen molar-refractivity contribution in [3.05, 3.63) is 68.6 Å². The lowest BCUT2D eigenvalue weighted by Gasteiger charge is -2.38. The van der Waals surface area contributed by atoms with Gasteiger partial charge in [0.1, 0.15) is 12.1 Å². The molecule has 4 nitrogen and oxygen atoms in total. The van der Waals surface area contributed by atoms with Crippen LogP contribution in [0.4, 0.5) is 0 Å². The Hall–Kier alpha value is -1.70. The summed E-state index contributed by atoms with van der Waals surface area (Å²) in [6.45, 7) is 3.07. The lowest BCUT2D eigenvalue weighted by Crippen LogP contribution is -2.48. The minimum absolute atomic E-state index is 0.251. The van der Waals surface area contributed by atoms with Crippen LogP contribution in [0.3, 0.4) is 0 Å². The zero-order valence-corrected chi connectivity index (χ0v) is 17.3. The number of rotatable bonds is 4. The third-order valence-electron chi connectivity index (χ3n) is 4.70. The van der Waals surface area contributed by atoms with Crippen LogP contribution in [-0.2, 0) is 0 Å². The molecule has 0 aromatic heterocycles. The Balaban J connectivity index is 1.67. The molecule has 0 aliphatic carbocycles. The standard InChI is InChI=1S/C20H18Br2N4/c21-17-5-1-15(2-6-17)19(13-23)25-9-11-26(12-10-25)20(14-24)16-3-7-18(22)8-4-16/h1-8,19-20H,9-12H2. The molecule has 3 rings (SSSR count). The van der Waals surface area contributed by atoms with Crippen LogP contribution in [0.5, 0.6) is 0 Å². The van der Waals surface area contributed by atoms with E-state index >= 15 is 0 Å². The molecule has 0 amide bonds. The second-order valence-electron chi connectivity index (χ2n) is 6.24. The number of hydrogen-bond acceptors (Lipinski definition) is 4. The van der Waals surface area contributed by atoms with E-state index in [1.54, 1.807) is 0 Å². The van der Waals surface area contributed by atoms with Crippen molar-refractivity contribution < 1.29 is 0 Å². The maximum Gasteiger partial charge on any atom is 0.123 e. The molecule has 2 aromatic rings. The van der Waals surface area contributed by atoms with Gasteiger partial charge in [-0.25, -0.2) is 0 Å². The van der Waals surface area contributed by atoms with E-state index in [1.807, 2.05) is 48.5 Å². The number of hydrogen-bond donors (Lipinski definition) is 0. The van der Waals surface area contributed by atoms with Crippen molar-refractivity contribution in [1.82, 2.24) is 9.80 Å². The summed E-state index contributed by atoms with van der Waals surface area (Å²) in [5.74, 6) is 0. The summed E-state index contributed by atoms with van der Waals surface area (Å²) in [7, 11) is 0. The number of nitriles is 2. The Morgan fingerprint density at radius 3 is 1.23 bits per heavy atom. The fourth-order valence-electron chi connectivity index (χ4n) is 3.28. The Labute approximate surface area is 170 Å². The monoisotopic (exact) mass is 472 g/mol. The minimum atomic E-state index is -0.251. The second kappa shape index (κ2) is 8.79. The first-order valence-corrected chi connectivity index (χ1v) is 9.99. The predicted molar refractivity (Wildman–Crippen MR) is 108 cm³/mol. The first kappa shape index (κ1) is 19.1. The second-order valence-corrected chi connectivity index (χ2v) is 8.07. The maximum absolute atomic E-state index is 9.65. The highest BCUT2D eigenvalue weighted by atomic mass is 79.9. The molecule has 0 spiro atoms. The van der Waals surface area contributed by atoms with Crippen LogP contribution in [0.25, 0.3) is 0 Å². The summed E-state index contributed by atoms with van der Waals surface area (Å²) in [6.07, 6.45) is 0. The lowest BCUT2D eigenvalue weighted by molar-refractivity contribution is 0.0979. The molecule has 0 bridgehead atoms. The molecule has 1 fully saturated rings. The van der Waals surface area contributed by atoms with E-state index < -0.39 is 0 Å². The molecule has 26 heavy (non-hydrogen) atoms. The van der Waals surface area contributed by atoms with Gasteiger partial charge in [-0.05, 0) is 35.4 Å². The first-order valence-electron chi connectivity index (χ1n) is 8.40. The molecule has 1 aliphatic heterocycles. The fraction of sp³-hybridized carbons (Fsp3) is 0.300. The van der Waals surface area contributed by atoms with Gasteiger partial charge in [0.2, 0.25) is 0 Å².